The molecular formula is C26H37N3S. The Labute approximate surface area is 187 Å². The second kappa shape index (κ2) is 9.08. The van der Waals surface area contributed by atoms with Crippen molar-refractivity contribution in [2.75, 3.05) is 18.0 Å². The fourth-order valence-corrected chi connectivity index (χ4v) is 7.04. The number of thiocarbonyl (C=S) groups is 1. The largest absolute Gasteiger partial charge is 0.293 e. The molecule has 2 saturated carbocycles. The van der Waals surface area contributed by atoms with Gasteiger partial charge >= 0.3 is 0 Å². The van der Waals surface area contributed by atoms with Crippen molar-refractivity contribution in [1.82, 2.24) is 4.90 Å². The SMILES string of the molecule is S=C1N(c2ccccc2)C(=NC2CCCCC2)[C@@H](N2CCCCC2)C12CCCCC2. The fraction of sp³-hybridized carbons (Fsp3) is 0.692. The molecule has 1 aromatic carbocycles. The summed E-state index contributed by atoms with van der Waals surface area (Å²) in [4.78, 5) is 11.9. The summed E-state index contributed by atoms with van der Waals surface area (Å²) in [6, 6.07) is 11.7. The average Bonchev–Trinajstić information content (AvgIpc) is 3.03. The van der Waals surface area contributed by atoms with E-state index in [1.165, 1.54) is 113 Å². The molecule has 30 heavy (non-hydrogen) atoms. The third-order valence-electron chi connectivity index (χ3n) is 8.03. The van der Waals surface area contributed by atoms with Crippen molar-refractivity contribution in [3.8, 4) is 0 Å². The maximum Gasteiger partial charge on any atom is 0.127 e. The van der Waals surface area contributed by atoms with Crippen LogP contribution in [0.3, 0.4) is 0 Å². The van der Waals surface area contributed by atoms with Gasteiger partial charge in [0.2, 0.25) is 0 Å². The van der Waals surface area contributed by atoms with Gasteiger partial charge in [-0.1, -0.05) is 75.4 Å². The minimum Gasteiger partial charge on any atom is -0.293 e. The molecule has 0 unspecified atom stereocenters. The summed E-state index contributed by atoms with van der Waals surface area (Å²) in [5, 5.41) is 0. The molecule has 0 bridgehead atoms. The first-order valence-electron chi connectivity index (χ1n) is 12.5. The van der Waals surface area contributed by atoms with Crippen LogP contribution in [0.2, 0.25) is 0 Å². The molecule has 2 saturated heterocycles. The Morgan fingerprint density at radius 1 is 0.800 bits per heavy atom. The van der Waals surface area contributed by atoms with E-state index in [0.29, 0.717) is 12.1 Å². The highest BCUT2D eigenvalue weighted by molar-refractivity contribution is 7.80. The van der Waals surface area contributed by atoms with E-state index in [2.05, 4.69) is 40.1 Å². The standard InChI is InChI=1S/C26H37N3S/c30-25-26(17-9-3-10-18-26)23(28-19-11-4-12-20-28)24(27-21-13-5-1-6-14-21)29(25)22-15-7-2-8-16-22/h2,7-8,15-16,21,23H,1,3-6,9-14,17-20H2/t23-/m1/s1. The molecular weight excluding hydrogens is 386 g/mol. The van der Waals surface area contributed by atoms with Gasteiger partial charge in [0.25, 0.3) is 0 Å². The number of hydrogen-bond donors (Lipinski definition) is 0. The summed E-state index contributed by atoms with van der Waals surface area (Å²) in [5.41, 5.74) is 1.33. The van der Waals surface area contributed by atoms with Gasteiger partial charge in [0.1, 0.15) is 5.84 Å². The maximum absolute atomic E-state index is 6.36. The Morgan fingerprint density at radius 3 is 2.13 bits per heavy atom. The lowest BCUT2D eigenvalue weighted by atomic mass is 9.69. The number of benzene rings is 1. The molecule has 0 radical (unpaired) electrons. The number of para-hydroxylation sites is 1. The molecule has 2 aliphatic heterocycles. The van der Waals surface area contributed by atoms with Gasteiger partial charge in [0.05, 0.1) is 17.1 Å². The predicted octanol–water partition coefficient (Wildman–Crippen LogP) is 6.37. The third-order valence-corrected chi connectivity index (χ3v) is 8.62. The molecule has 1 atom stereocenters. The van der Waals surface area contributed by atoms with Gasteiger partial charge in [-0.15, -0.1) is 0 Å². The van der Waals surface area contributed by atoms with Crippen LogP contribution < -0.4 is 4.90 Å². The van der Waals surface area contributed by atoms with Crippen LogP contribution in [0.15, 0.2) is 35.3 Å². The van der Waals surface area contributed by atoms with Crippen LogP contribution in [-0.4, -0.2) is 40.9 Å². The number of piperidine rings is 1. The minimum absolute atomic E-state index is 0.105. The number of anilines is 1. The summed E-state index contributed by atoms with van der Waals surface area (Å²) in [7, 11) is 0. The first-order valence-corrected chi connectivity index (χ1v) is 12.9. The maximum atomic E-state index is 6.36. The summed E-state index contributed by atoms with van der Waals surface area (Å²) in [6.45, 7) is 2.42. The van der Waals surface area contributed by atoms with E-state index in [1.807, 2.05) is 0 Å². The number of nitrogens with zero attached hydrogens (tertiary/aromatic N) is 3. The molecule has 4 heteroatoms. The van der Waals surface area contributed by atoms with E-state index in [-0.39, 0.29) is 5.41 Å². The highest BCUT2D eigenvalue weighted by atomic mass is 32.1. The topological polar surface area (TPSA) is 18.8 Å². The van der Waals surface area contributed by atoms with Crippen molar-refractivity contribution in [3.63, 3.8) is 0 Å². The van der Waals surface area contributed by atoms with Gasteiger partial charge in [-0.05, 0) is 63.7 Å². The zero-order valence-corrected chi connectivity index (χ0v) is 19.2. The lowest BCUT2D eigenvalue weighted by Crippen LogP contribution is -2.52. The monoisotopic (exact) mass is 423 g/mol. The summed E-state index contributed by atoms with van der Waals surface area (Å²) < 4.78 is 0. The predicted molar refractivity (Wildman–Crippen MR) is 131 cm³/mol. The molecule has 0 aromatic heterocycles. The second-order valence-electron chi connectivity index (χ2n) is 9.97. The Bertz CT molecular complexity index is 756. The molecule has 4 fully saturated rings. The Morgan fingerprint density at radius 2 is 1.43 bits per heavy atom. The summed E-state index contributed by atoms with van der Waals surface area (Å²) in [5.74, 6) is 1.29. The van der Waals surface area contributed by atoms with Crippen molar-refractivity contribution in [2.45, 2.75) is 95.6 Å². The second-order valence-corrected chi connectivity index (χ2v) is 10.4. The molecule has 162 valence electrons. The van der Waals surface area contributed by atoms with Gasteiger partial charge in [-0.2, -0.15) is 0 Å². The number of aliphatic imine (C=N–C) groups is 1. The van der Waals surface area contributed by atoms with Crippen molar-refractivity contribution < 1.29 is 0 Å². The molecule has 4 aliphatic rings. The molecule has 5 rings (SSSR count). The molecule has 2 aliphatic carbocycles. The van der Waals surface area contributed by atoms with Gasteiger partial charge < -0.3 is 0 Å². The smallest absolute Gasteiger partial charge is 0.127 e. The summed E-state index contributed by atoms with van der Waals surface area (Å²) in [6.07, 6.45) is 17.0. The molecule has 0 N–H and O–H groups in total. The van der Waals surface area contributed by atoms with E-state index in [9.17, 15) is 0 Å². The van der Waals surface area contributed by atoms with E-state index in [4.69, 9.17) is 17.2 Å². The zero-order chi connectivity index (χ0) is 20.4. The van der Waals surface area contributed by atoms with Gasteiger partial charge in [0.15, 0.2) is 0 Å². The normalized spacial score (nSPS) is 29.7. The lowest BCUT2D eigenvalue weighted by Gasteiger charge is -2.44. The number of rotatable bonds is 3. The zero-order valence-electron chi connectivity index (χ0n) is 18.4. The van der Waals surface area contributed by atoms with Crippen LogP contribution in [0.25, 0.3) is 0 Å². The van der Waals surface area contributed by atoms with Gasteiger partial charge in [-0.3, -0.25) is 14.8 Å². The van der Waals surface area contributed by atoms with Gasteiger partial charge in [0, 0.05) is 11.1 Å². The van der Waals surface area contributed by atoms with Crippen LogP contribution in [-0.2, 0) is 0 Å². The van der Waals surface area contributed by atoms with Crippen LogP contribution in [0, 0.1) is 5.41 Å². The Kier molecular flexibility index (Phi) is 6.24. The summed E-state index contributed by atoms with van der Waals surface area (Å²) >= 11 is 6.36. The number of likely N-dealkylation sites (tertiary alicyclic amines) is 1. The molecule has 3 nitrogen and oxygen atoms in total. The third kappa shape index (κ3) is 3.75. The lowest BCUT2D eigenvalue weighted by molar-refractivity contribution is 0.112. The molecule has 0 amide bonds. The molecule has 1 spiro atoms. The van der Waals surface area contributed by atoms with Crippen molar-refractivity contribution in [1.29, 1.82) is 0 Å². The molecule has 1 aromatic rings. The van der Waals surface area contributed by atoms with Crippen LogP contribution in [0.5, 0.6) is 0 Å². The van der Waals surface area contributed by atoms with E-state index >= 15 is 0 Å². The Balaban J connectivity index is 1.61. The minimum atomic E-state index is 0.105. The van der Waals surface area contributed by atoms with Gasteiger partial charge in [-0.25, -0.2) is 0 Å². The Hall–Kier alpha value is -1.26. The van der Waals surface area contributed by atoms with Crippen LogP contribution in [0.4, 0.5) is 5.69 Å². The first kappa shape index (κ1) is 20.6. The quantitative estimate of drug-likeness (QED) is 0.526. The number of hydrogen-bond acceptors (Lipinski definition) is 3. The van der Waals surface area contributed by atoms with E-state index in [0.717, 1.165) is 0 Å². The fourth-order valence-electron chi connectivity index (χ4n) is 6.52. The van der Waals surface area contributed by atoms with E-state index < -0.39 is 0 Å². The molecule has 2 heterocycles. The van der Waals surface area contributed by atoms with Crippen molar-refractivity contribution in [3.05, 3.63) is 30.3 Å². The van der Waals surface area contributed by atoms with Crippen molar-refractivity contribution >= 4 is 28.7 Å². The number of amidine groups is 1. The average molecular weight is 424 g/mol. The van der Waals surface area contributed by atoms with Crippen LogP contribution in [0.1, 0.15) is 83.5 Å². The van der Waals surface area contributed by atoms with Crippen LogP contribution >= 0.6 is 12.2 Å². The van der Waals surface area contributed by atoms with E-state index in [1.54, 1.807) is 0 Å². The highest BCUT2D eigenvalue weighted by Gasteiger charge is 2.57. The van der Waals surface area contributed by atoms with Crippen molar-refractivity contribution in [2.24, 2.45) is 10.4 Å². The highest BCUT2D eigenvalue weighted by Crippen LogP contribution is 2.50. The first-order chi connectivity index (χ1) is 14.8.